The van der Waals surface area contributed by atoms with Gasteiger partial charge in [0.05, 0.1) is 12.6 Å². The van der Waals surface area contributed by atoms with Crippen molar-refractivity contribution in [1.82, 2.24) is 5.32 Å². The third-order valence-electron chi connectivity index (χ3n) is 3.62. The number of ether oxygens (including phenoxy) is 1. The van der Waals surface area contributed by atoms with Crippen LogP contribution in [-0.2, 0) is 11.3 Å². The van der Waals surface area contributed by atoms with Gasteiger partial charge in [-0.1, -0.05) is 6.92 Å². The number of nitrogens with one attached hydrogen (secondary N) is 1. The normalized spacial score (nSPS) is 18.8. The van der Waals surface area contributed by atoms with Gasteiger partial charge in [0.25, 0.3) is 0 Å². The number of hydrogen-bond acceptors (Lipinski definition) is 3. The van der Waals surface area contributed by atoms with Crippen LogP contribution in [0.4, 0.5) is 10.1 Å². The molecule has 1 aromatic rings. The number of rotatable bonds is 6. The van der Waals surface area contributed by atoms with Gasteiger partial charge in [-0.05, 0) is 43.1 Å². The summed E-state index contributed by atoms with van der Waals surface area (Å²) in [6.45, 7) is 5.36. The van der Waals surface area contributed by atoms with Gasteiger partial charge < -0.3 is 15.0 Å². The van der Waals surface area contributed by atoms with Crippen molar-refractivity contribution < 1.29 is 9.13 Å². The van der Waals surface area contributed by atoms with E-state index >= 15 is 0 Å². The van der Waals surface area contributed by atoms with Gasteiger partial charge in [0, 0.05) is 25.9 Å². The molecule has 4 heteroatoms. The largest absolute Gasteiger partial charge is 0.379 e. The van der Waals surface area contributed by atoms with E-state index in [4.69, 9.17) is 4.74 Å². The summed E-state index contributed by atoms with van der Waals surface area (Å²) < 4.78 is 18.9. The van der Waals surface area contributed by atoms with Gasteiger partial charge in [0.1, 0.15) is 5.82 Å². The lowest BCUT2D eigenvalue weighted by Crippen LogP contribution is -2.33. The molecule has 1 saturated heterocycles. The van der Waals surface area contributed by atoms with Crippen LogP contribution in [0, 0.1) is 5.82 Å². The quantitative estimate of drug-likeness (QED) is 0.801. The Morgan fingerprint density at radius 2 is 2.32 bits per heavy atom. The maximum Gasteiger partial charge on any atom is 0.123 e. The van der Waals surface area contributed by atoms with Crippen LogP contribution in [0.3, 0.4) is 0 Å². The molecule has 1 N–H and O–H groups in total. The molecule has 1 atom stereocenters. The average Bonchev–Trinajstić information content (AvgIpc) is 2.92. The van der Waals surface area contributed by atoms with Crippen LogP contribution in [-0.4, -0.2) is 32.8 Å². The number of likely N-dealkylation sites (N-methyl/N-ethyl adjacent to an activating group) is 1. The van der Waals surface area contributed by atoms with Crippen molar-refractivity contribution in [2.24, 2.45) is 0 Å². The predicted octanol–water partition coefficient (Wildman–Crippen LogP) is 2.55. The van der Waals surface area contributed by atoms with Crippen LogP contribution in [0.1, 0.15) is 25.3 Å². The maximum atomic E-state index is 13.4. The van der Waals surface area contributed by atoms with Gasteiger partial charge in [-0.15, -0.1) is 0 Å². The molecule has 106 valence electrons. The first-order valence-corrected chi connectivity index (χ1v) is 7.02. The molecule has 19 heavy (non-hydrogen) atoms. The topological polar surface area (TPSA) is 24.5 Å². The number of benzene rings is 1. The van der Waals surface area contributed by atoms with Gasteiger partial charge in [-0.3, -0.25) is 0 Å². The summed E-state index contributed by atoms with van der Waals surface area (Å²) in [6, 6.07) is 5.43. The highest BCUT2D eigenvalue weighted by Crippen LogP contribution is 2.25. The van der Waals surface area contributed by atoms with E-state index in [2.05, 4.69) is 24.2 Å². The predicted molar refractivity (Wildman–Crippen MR) is 76.0 cm³/mol. The van der Waals surface area contributed by atoms with E-state index < -0.39 is 0 Å². The Bertz CT molecular complexity index is 405. The van der Waals surface area contributed by atoms with E-state index in [0.29, 0.717) is 12.6 Å². The zero-order valence-corrected chi connectivity index (χ0v) is 11.8. The van der Waals surface area contributed by atoms with Crippen LogP contribution in [0.2, 0.25) is 0 Å². The van der Waals surface area contributed by atoms with Crippen molar-refractivity contribution in [3.05, 3.63) is 29.6 Å². The van der Waals surface area contributed by atoms with Crippen molar-refractivity contribution in [2.45, 2.75) is 32.4 Å². The second-order valence-corrected chi connectivity index (χ2v) is 5.08. The molecule has 0 saturated carbocycles. The van der Waals surface area contributed by atoms with Crippen molar-refractivity contribution in [3.63, 3.8) is 0 Å². The molecular weight excluding hydrogens is 243 g/mol. The lowest BCUT2D eigenvalue weighted by Gasteiger charge is -2.28. The Balaban J connectivity index is 2.12. The molecule has 1 fully saturated rings. The highest BCUT2D eigenvalue weighted by molar-refractivity contribution is 5.54. The summed E-state index contributed by atoms with van der Waals surface area (Å²) in [5, 5.41) is 3.34. The van der Waals surface area contributed by atoms with Crippen molar-refractivity contribution in [3.8, 4) is 0 Å². The van der Waals surface area contributed by atoms with Crippen LogP contribution < -0.4 is 10.2 Å². The Morgan fingerprint density at radius 3 is 3.00 bits per heavy atom. The SMILES string of the molecule is CCCNCc1cc(F)ccc1N(C)C1CCOC1. The van der Waals surface area contributed by atoms with E-state index in [0.717, 1.165) is 43.9 Å². The van der Waals surface area contributed by atoms with E-state index in [1.165, 1.54) is 6.07 Å². The number of hydrogen-bond donors (Lipinski definition) is 1. The van der Waals surface area contributed by atoms with E-state index in [1.807, 2.05) is 6.07 Å². The Hall–Kier alpha value is -1.13. The molecule has 0 radical (unpaired) electrons. The Labute approximate surface area is 114 Å². The Morgan fingerprint density at radius 1 is 1.47 bits per heavy atom. The number of halogens is 1. The second kappa shape index (κ2) is 6.87. The van der Waals surface area contributed by atoms with Crippen molar-refractivity contribution in [2.75, 3.05) is 31.7 Å². The first-order valence-electron chi connectivity index (χ1n) is 7.02. The molecule has 3 nitrogen and oxygen atoms in total. The third-order valence-corrected chi connectivity index (χ3v) is 3.62. The summed E-state index contributed by atoms with van der Waals surface area (Å²) in [7, 11) is 2.07. The minimum absolute atomic E-state index is 0.173. The summed E-state index contributed by atoms with van der Waals surface area (Å²) in [5.41, 5.74) is 2.11. The number of anilines is 1. The maximum absolute atomic E-state index is 13.4. The smallest absolute Gasteiger partial charge is 0.123 e. The molecule has 1 aliphatic heterocycles. The highest BCUT2D eigenvalue weighted by atomic mass is 19.1. The highest BCUT2D eigenvalue weighted by Gasteiger charge is 2.22. The third kappa shape index (κ3) is 3.67. The van der Waals surface area contributed by atoms with Gasteiger partial charge in [-0.25, -0.2) is 4.39 Å². The molecule has 0 amide bonds. The summed E-state index contributed by atoms with van der Waals surface area (Å²) >= 11 is 0. The molecule has 1 aromatic carbocycles. The molecule has 0 aliphatic carbocycles. The summed E-state index contributed by atoms with van der Waals surface area (Å²) in [4.78, 5) is 2.22. The van der Waals surface area contributed by atoms with Gasteiger partial charge in [0.15, 0.2) is 0 Å². The molecule has 0 aromatic heterocycles. The average molecular weight is 266 g/mol. The zero-order chi connectivity index (χ0) is 13.7. The van der Waals surface area contributed by atoms with E-state index in [-0.39, 0.29) is 5.82 Å². The van der Waals surface area contributed by atoms with Crippen LogP contribution in [0.25, 0.3) is 0 Å². The fourth-order valence-corrected chi connectivity index (χ4v) is 2.46. The fourth-order valence-electron chi connectivity index (χ4n) is 2.46. The van der Waals surface area contributed by atoms with Gasteiger partial charge in [-0.2, -0.15) is 0 Å². The molecular formula is C15H23FN2O. The van der Waals surface area contributed by atoms with Crippen molar-refractivity contribution >= 4 is 5.69 Å². The zero-order valence-electron chi connectivity index (χ0n) is 11.8. The first-order chi connectivity index (χ1) is 9.22. The monoisotopic (exact) mass is 266 g/mol. The lowest BCUT2D eigenvalue weighted by atomic mass is 10.1. The molecule has 1 aliphatic rings. The standard InChI is InChI=1S/C15H23FN2O/c1-3-7-17-10-12-9-13(16)4-5-15(12)18(2)14-6-8-19-11-14/h4-5,9,14,17H,3,6-8,10-11H2,1-2H3. The van der Waals surface area contributed by atoms with Gasteiger partial charge in [0.2, 0.25) is 0 Å². The van der Waals surface area contributed by atoms with Crippen molar-refractivity contribution in [1.29, 1.82) is 0 Å². The number of nitrogens with zero attached hydrogens (tertiary/aromatic N) is 1. The molecule has 0 bridgehead atoms. The molecule has 2 rings (SSSR count). The van der Waals surface area contributed by atoms with E-state index in [1.54, 1.807) is 6.07 Å². The minimum Gasteiger partial charge on any atom is -0.379 e. The fraction of sp³-hybridized carbons (Fsp3) is 0.600. The van der Waals surface area contributed by atoms with E-state index in [9.17, 15) is 4.39 Å². The van der Waals surface area contributed by atoms with Crippen LogP contribution >= 0.6 is 0 Å². The summed E-state index contributed by atoms with van der Waals surface area (Å²) in [6.07, 6.45) is 2.12. The Kier molecular flexibility index (Phi) is 5.16. The lowest BCUT2D eigenvalue weighted by molar-refractivity contribution is 0.193. The molecule has 0 spiro atoms. The minimum atomic E-state index is -0.173. The second-order valence-electron chi connectivity index (χ2n) is 5.08. The first kappa shape index (κ1) is 14.3. The van der Waals surface area contributed by atoms with Gasteiger partial charge >= 0.3 is 0 Å². The van der Waals surface area contributed by atoms with Crippen LogP contribution in [0.15, 0.2) is 18.2 Å². The molecule has 1 heterocycles. The summed E-state index contributed by atoms with van der Waals surface area (Å²) in [5.74, 6) is -0.173. The molecule has 1 unspecified atom stereocenters. The van der Waals surface area contributed by atoms with Crippen LogP contribution in [0.5, 0.6) is 0 Å².